The molecular weight excluding hydrogens is 214 g/mol. The van der Waals surface area contributed by atoms with Crippen molar-refractivity contribution in [3.63, 3.8) is 0 Å². The number of hydrogen-bond acceptors (Lipinski definition) is 3. The molecular formula is C13H23N3O. The van der Waals surface area contributed by atoms with Gasteiger partial charge in [-0.05, 0) is 12.8 Å². The molecule has 1 heterocycles. The van der Waals surface area contributed by atoms with Gasteiger partial charge in [0.05, 0.1) is 18.3 Å². The van der Waals surface area contributed by atoms with Gasteiger partial charge in [-0.1, -0.05) is 26.7 Å². The number of aliphatic hydroxyl groups is 1. The van der Waals surface area contributed by atoms with Crippen molar-refractivity contribution in [2.24, 2.45) is 0 Å². The van der Waals surface area contributed by atoms with E-state index in [4.69, 9.17) is 0 Å². The maximum Gasteiger partial charge on any atom is 0.0778 e. The molecule has 1 fully saturated rings. The van der Waals surface area contributed by atoms with Gasteiger partial charge in [-0.15, -0.1) is 0 Å². The molecule has 0 aromatic carbocycles. The topological polar surface area (TPSA) is 50.1 Å². The van der Waals surface area contributed by atoms with Gasteiger partial charge in [0.15, 0.2) is 0 Å². The van der Waals surface area contributed by atoms with Gasteiger partial charge in [-0.2, -0.15) is 5.10 Å². The van der Waals surface area contributed by atoms with Crippen LogP contribution in [0.25, 0.3) is 0 Å². The first kappa shape index (κ1) is 12.6. The maximum absolute atomic E-state index is 9.97. The molecule has 0 amide bonds. The van der Waals surface area contributed by atoms with Gasteiger partial charge in [-0.3, -0.25) is 4.68 Å². The number of hydrogen-bond donors (Lipinski definition) is 2. The Hall–Kier alpha value is -0.870. The van der Waals surface area contributed by atoms with Crippen molar-refractivity contribution in [2.45, 2.75) is 64.3 Å². The van der Waals surface area contributed by atoms with Gasteiger partial charge in [0.25, 0.3) is 0 Å². The van der Waals surface area contributed by atoms with Crippen molar-refractivity contribution < 1.29 is 5.11 Å². The lowest BCUT2D eigenvalue weighted by molar-refractivity contribution is 0.0694. The zero-order valence-corrected chi connectivity index (χ0v) is 10.8. The third-order valence-corrected chi connectivity index (χ3v) is 3.40. The third kappa shape index (κ3) is 3.30. The van der Waals surface area contributed by atoms with Crippen LogP contribution >= 0.6 is 0 Å². The lowest BCUT2D eigenvalue weighted by Gasteiger charge is -2.27. The molecule has 0 spiro atoms. The van der Waals surface area contributed by atoms with Crippen LogP contribution in [0, 0.1) is 0 Å². The number of nitrogens with zero attached hydrogens (tertiary/aromatic N) is 2. The van der Waals surface area contributed by atoms with Crippen molar-refractivity contribution in [3.05, 3.63) is 18.0 Å². The molecule has 0 saturated heterocycles. The van der Waals surface area contributed by atoms with Crippen LogP contribution in [0.15, 0.2) is 12.4 Å². The molecule has 1 aliphatic rings. The molecule has 0 bridgehead atoms. The summed E-state index contributed by atoms with van der Waals surface area (Å²) >= 11 is 0. The van der Waals surface area contributed by atoms with Crippen molar-refractivity contribution in [1.82, 2.24) is 15.1 Å². The molecule has 0 radical (unpaired) electrons. The fourth-order valence-electron chi connectivity index (χ4n) is 2.37. The van der Waals surface area contributed by atoms with E-state index in [0.717, 1.165) is 25.8 Å². The molecule has 1 aromatic heterocycles. The SMILES string of the molecule is CC(C)NCc1cnn(C2CCCCC2O)c1. The highest BCUT2D eigenvalue weighted by molar-refractivity contribution is 5.05. The van der Waals surface area contributed by atoms with Crippen LogP contribution < -0.4 is 5.32 Å². The standard InChI is InChI=1S/C13H23N3O/c1-10(2)14-7-11-8-15-16(9-11)12-5-3-4-6-13(12)17/h8-10,12-14,17H,3-7H2,1-2H3. The fraction of sp³-hybridized carbons (Fsp3) is 0.769. The summed E-state index contributed by atoms with van der Waals surface area (Å²) in [5, 5.41) is 17.7. The Morgan fingerprint density at radius 3 is 2.94 bits per heavy atom. The Balaban J connectivity index is 1.97. The quantitative estimate of drug-likeness (QED) is 0.840. The molecule has 4 heteroatoms. The monoisotopic (exact) mass is 237 g/mol. The minimum Gasteiger partial charge on any atom is -0.391 e. The summed E-state index contributed by atoms with van der Waals surface area (Å²) in [6, 6.07) is 0.662. The summed E-state index contributed by atoms with van der Waals surface area (Å²) in [6.07, 6.45) is 8.02. The van der Waals surface area contributed by atoms with Crippen LogP contribution in [0.2, 0.25) is 0 Å². The smallest absolute Gasteiger partial charge is 0.0778 e. The van der Waals surface area contributed by atoms with Gasteiger partial charge < -0.3 is 10.4 Å². The highest BCUT2D eigenvalue weighted by atomic mass is 16.3. The Morgan fingerprint density at radius 1 is 1.47 bits per heavy atom. The van der Waals surface area contributed by atoms with Crippen molar-refractivity contribution >= 4 is 0 Å². The lowest BCUT2D eigenvalue weighted by Crippen LogP contribution is -2.27. The molecule has 2 rings (SSSR count). The van der Waals surface area contributed by atoms with Crippen LogP contribution in [0.4, 0.5) is 0 Å². The average Bonchev–Trinajstić information content (AvgIpc) is 2.75. The highest BCUT2D eigenvalue weighted by Gasteiger charge is 2.24. The molecule has 1 aliphatic carbocycles. The van der Waals surface area contributed by atoms with E-state index in [1.807, 2.05) is 10.9 Å². The fourth-order valence-corrected chi connectivity index (χ4v) is 2.37. The average molecular weight is 237 g/mol. The van der Waals surface area contributed by atoms with Crippen molar-refractivity contribution in [3.8, 4) is 0 Å². The van der Waals surface area contributed by atoms with Gasteiger partial charge in [0.1, 0.15) is 0 Å². The molecule has 1 aromatic rings. The minimum atomic E-state index is -0.227. The highest BCUT2D eigenvalue weighted by Crippen LogP contribution is 2.28. The van der Waals surface area contributed by atoms with E-state index in [0.29, 0.717) is 6.04 Å². The second kappa shape index (κ2) is 5.65. The van der Waals surface area contributed by atoms with E-state index in [-0.39, 0.29) is 12.1 Å². The van der Waals surface area contributed by atoms with E-state index in [2.05, 4.69) is 30.5 Å². The lowest BCUT2D eigenvalue weighted by atomic mass is 9.93. The summed E-state index contributed by atoms with van der Waals surface area (Å²) in [5.74, 6) is 0. The van der Waals surface area contributed by atoms with Crippen LogP contribution in [0.5, 0.6) is 0 Å². The molecule has 2 unspecified atom stereocenters. The van der Waals surface area contributed by atoms with Crippen molar-refractivity contribution in [2.75, 3.05) is 0 Å². The van der Waals surface area contributed by atoms with Crippen LogP contribution in [0.3, 0.4) is 0 Å². The summed E-state index contributed by atoms with van der Waals surface area (Å²) in [6.45, 7) is 5.12. The zero-order chi connectivity index (χ0) is 12.3. The van der Waals surface area contributed by atoms with Crippen molar-refractivity contribution in [1.29, 1.82) is 0 Å². The summed E-state index contributed by atoms with van der Waals surface area (Å²) in [5.41, 5.74) is 1.19. The largest absolute Gasteiger partial charge is 0.391 e. The molecule has 17 heavy (non-hydrogen) atoms. The Bertz CT molecular complexity index is 348. The second-order valence-corrected chi connectivity index (χ2v) is 5.28. The predicted octanol–water partition coefficient (Wildman–Crippen LogP) is 1.86. The van der Waals surface area contributed by atoms with Gasteiger partial charge in [0.2, 0.25) is 0 Å². The molecule has 96 valence electrons. The minimum absolute atomic E-state index is 0.177. The van der Waals surface area contributed by atoms with E-state index < -0.39 is 0 Å². The Kier molecular flexibility index (Phi) is 4.18. The first-order chi connectivity index (χ1) is 8.16. The Labute approximate surface area is 103 Å². The zero-order valence-electron chi connectivity index (χ0n) is 10.8. The number of rotatable bonds is 4. The maximum atomic E-state index is 9.97. The third-order valence-electron chi connectivity index (χ3n) is 3.40. The molecule has 0 aliphatic heterocycles. The van der Waals surface area contributed by atoms with Crippen LogP contribution in [0.1, 0.15) is 51.1 Å². The molecule has 2 N–H and O–H groups in total. The number of aliphatic hydroxyl groups excluding tert-OH is 1. The number of aromatic nitrogens is 2. The van der Waals surface area contributed by atoms with E-state index >= 15 is 0 Å². The predicted molar refractivity (Wildman–Crippen MR) is 67.7 cm³/mol. The summed E-state index contributed by atoms with van der Waals surface area (Å²) in [7, 11) is 0. The molecule has 4 nitrogen and oxygen atoms in total. The normalized spacial score (nSPS) is 25.4. The van der Waals surface area contributed by atoms with Gasteiger partial charge >= 0.3 is 0 Å². The van der Waals surface area contributed by atoms with Crippen LogP contribution in [-0.2, 0) is 6.54 Å². The second-order valence-electron chi connectivity index (χ2n) is 5.28. The van der Waals surface area contributed by atoms with Gasteiger partial charge in [0, 0.05) is 24.3 Å². The van der Waals surface area contributed by atoms with Gasteiger partial charge in [-0.25, -0.2) is 0 Å². The molecule has 1 saturated carbocycles. The van der Waals surface area contributed by atoms with Crippen LogP contribution in [-0.4, -0.2) is 27.0 Å². The first-order valence-electron chi connectivity index (χ1n) is 6.61. The van der Waals surface area contributed by atoms with E-state index in [1.54, 1.807) is 0 Å². The number of nitrogens with one attached hydrogen (secondary N) is 1. The molecule has 2 atom stereocenters. The van der Waals surface area contributed by atoms with E-state index in [1.165, 1.54) is 12.0 Å². The summed E-state index contributed by atoms with van der Waals surface area (Å²) in [4.78, 5) is 0. The first-order valence-corrected chi connectivity index (χ1v) is 6.61. The Morgan fingerprint density at radius 2 is 2.24 bits per heavy atom. The van der Waals surface area contributed by atoms with E-state index in [9.17, 15) is 5.11 Å². The summed E-state index contributed by atoms with van der Waals surface area (Å²) < 4.78 is 1.95.